The molecular formula is C19H16ClFN2O3S. The van der Waals surface area contributed by atoms with E-state index in [0.29, 0.717) is 10.7 Å². The number of halogens is 2. The van der Waals surface area contributed by atoms with Crippen molar-refractivity contribution in [2.24, 2.45) is 0 Å². The van der Waals surface area contributed by atoms with Gasteiger partial charge < -0.3 is 4.74 Å². The van der Waals surface area contributed by atoms with Crippen LogP contribution in [-0.4, -0.2) is 15.4 Å². The van der Waals surface area contributed by atoms with Crippen LogP contribution in [0, 0.1) is 5.82 Å². The van der Waals surface area contributed by atoms with Gasteiger partial charge in [0.2, 0.25) is 0 Å². The third-order valence-electron chi connectivity index (χ3n) is 4.58. The van der Waals surface area contributed by atoms with Crippen molar-refractivity contribution < 1.29 is 13.9 Å². The number of aromatic nitrogens is 2. The van der Waals surface area contributed by atoms with Gasteiger partial charge in [-0.1, -0.05) is 17.7 Å². The molecule has 0 radical (unpaired) electrons. The maximum atomic E-state index is 13.8. The summed E-state index contributed by atoms with van der Waals surface area (Å²) in [5.74, 6) is -1.18. The number of aryl methyl sites for hydroxylation is 2. The van der Waals surface area contributed by atoms with Gasteiger partial charge in [-0.15, -0.1) is 11.3 Å². The fourth-order valence-electron chi connectivity index (χ4n) is 3.27. The topological polar surface area (TPSA) is 60.7 Å². The van der Waals surface area contributed by atoms with Crippen LogP contribution < -0.4 is 5.56 Å². The van der Waals surface area contributed by atoms with Crippen LogP contribution in [0.15, 0.2) is 29.1 Å². The number of ether oxygens (including phenoxy) is 1. The molecule has 1 aliphatic rings. The number of thiazole rings is 1. The van der Waals surface area contributed by atoms with E-state index in [-0.39, 0.29) is 29.2 Å². The average molecular weight is 407 g/mol. The first-order chi connectivity index (χ1) is 13.0. The number of carbonyl (C=O) groups is 1. The highest BCUT2D eigenvalue weighted by Gasteiger charge is 2.19. The third kappa shape index (κ3) is 3.61. The van der Waals surface area contributed by atoms with E-state index in [9.17, 15) is 14.0 Å². The summed E-state index contributed by atoms with van der Waals surface area (Å²) in [4.78, 5) is 30.8. The standard InChI is InChI=1S/C19H16ClFN2O3S/c20-13-4-3-5-14(21)12(13)9-18(25)26-10-11-8-17(24)23-15-6-1-2-7-16(15)27-19(23)22-11/h3-5,8H,1-2,6-7,9-10H2. The molecule has 0 N–H and O–H groups in total. The molecule has 0 atom stereocenters. The van der Waals surface area contributed by atoms with Crippen LogP contribution >= 0.6 is 22.9 Å². The first kappa shape index (κ1) is 18.1. The Labute approximate surface area is 163 Å². The Morgan fingerprint density at radius 1 is 1.33 bits per heavy atom. The van der Waals surface area contributed by atoms with Gasteiger partial charge in [0.15, 0.2) is 4.96 Å². The predicted octanol–water partition coefficient (Wildman–Crippen LogP) is 3.71. The summed E-state index contributed by atoms with van der Waals surface area (Å²) in [5, 5.41) is 0.175. The van der Waals surface area contributed by atoms with Crippen molar-refractivity contribution in [2.45, 2.75) is 38.7 Å². The van der Waals surface area contributed by atoms with E-state index in [2.05, 4.69) is 4.98 Å². The summed E-state index contributed by atoms with van der Waals surface area (Å²) < 4.78 is 20.6. The second-order valence-corrected chi connectivity index (χ2v) is 7.89. The Kier molecular flexibility index (Phi) is 4.97. The first-order valence-corrected chi connectivity index (χ1v) is 9.84. The van der Waals surface area contributed by atoms with Crippen LogP contribution in [0.2, 0.25) is 5.02 Å². The molecule has 1 aliphatic carbocycles. The van der Waals surface area contributed by atoms with E-state index >= 15 is 0 Å². The number of nitrogens with zero attached hydrogens (tertiary/aromatic N) is 2. The highest BCUT2D eigenvalue weighted by atomic mass is 35.5. The molecule has 2 aromatic heterocycles. The van der Waals surface area contributed by atoms with Crippen LogP contribution in [0.5, 0.6) is 0 Å². The maximum absolute atomic E-state index is 13.8. The molecule has 0 fully saturated rings. The Balaban J connectivity index is 1.51. The Bertz CT molecular complexity index is 1070. The van der Waals surface area contributed by atoms with Gasteiger partial charge >= 0.3 is 5.97 Å². The second kappa shape index (κ2) is 7.40. The number of carbonyl (C=O) groups excluding carboxylic acids is 1. The Hall–Kier alpha value is -2.25. The third-order valence-corrected chi connectivity index (χ3v) is 6.08. The van der Waals surface area contributed by atoms with Gasteiger partial charge in [-0.3, -0.25) is 14.0 Å². The molecule has 0 amide bonds. The average Bonchev–Trinajstić information content (AvgIpc) is 3.02. The maximum Gasteiger partial charge on any atom is 0.310 e. The molecule has 140 valence electrons. The largest absolute Gasteiger partial charge is 0.459 e. The zero-order valence-electron chi connectivity index (χ0n) is 14.3. The molecule has 2 heterocycles. The number of rotatable bonds is 4. The lowest BCUT2D eigenvalue weighted by Gasteiger charge is -2.10. The number of benzene rings is 1. The van der Waals surface area contributed by atoms with Crippen LogP contribution in [0.4, 0.5) is 4.39 Å². The van der Waals surface area contributed by atoms with Crippen molar-refractivity contribution in [1.29, 1.82) is 0 Å². The molecule has 3 aromatic rings. The summed E-state index contributed by atoms with van der Waals surface area (Å²) in [6.45, 7) is -0.140. The fourth-order valence-corrected chi connectivity index (χ4v) is 4.73. The quantitative estimate of drug-likeness (QED) is 0.620. The van der Waals surface area contributed by atoms with E-state index in [4.69, 9.17) is 16.3 Å². The predicted molar refractivity (Wildman–Crippen MR) is 101 cm³/mol. The molecule has 0 aliphatic heterocycles. The van der Waals surface area contributed by atoms with Gasteiger partial charge in [0, 0.05) is 27.2 Å². The van der Waals surface area contributed by atoms with Crippen LogP contribution in [-0.2, 0) is 35.4 Å². The molecule has 1 aromatic carbocycles. The summed E-state index contributed by atoms with van der Waals surface area (Å²) in [7, 11) is 0. The molecule has 0 unspecified atom stereocenters. The molecule has 5 nitrogen and oxygen atoms in total. The SMILES string of the molecule is O=C(Cc1c(F)cccc1Cl)OCc1cc(=O)n2c3c(sc2n1)CCCC3. The molecule has 0 saturated heterocycles. The monoisotopic (exact) mass is 406 g/mol. The molecule has 0 bridgehead atoms. The molecule has 27 heavy (non-hydrogen) atoms. The van der Waals surface area contributed by atoms with Crippen molar-refractivity contribution >= 4 is 33.9 Å². The van der Waals surface area contributed by atoms with E-state index in [0.717, 1.165) is 31.4 Å². The van der Waals surface area contributed by atoms with Crippen LogP contribution in [0.1, 0.15) is 34.7 Å². The van der Waals surface area contributed by atoms with Gasteiger partial charge in [0.05, 0.1) is 12.1 Å². The van der Waals surface area contributed by atoms with Crippen LogP contribution in [0.3, 0.4) is 0 Å². The minimum Gasteiger partial charge on any atom is -0.459 e. The highest BCUT2D eigenvalue weighted by molar-refractivity contribution is 7.17. The summed E-state index contributed by atoms with van der Waals surface area (Å²) in [6, 6.07) is 5.61. The highest BCUT2D eigenvalue weighted by Crippen LogP contribution is 2.28. The van der Waals surface area contributed by atoms with Gasteiger partial charge in [0.25, 0.3) is 5.56 Å². The van der Waals surface area contributed by atoms with Gasteiger partial charge in [-0.05, 0) is 37.8 Å². The minimum atomic E-state index is -0.630. The van der Waals surface area contributed by atoms with Crippen molar-refractivity contribution in [3.63, 3.8) is 0 Å². The van der Waals surface area contributed by atoms with Crippen molar-refractivity contribution in [3.05, 3.63) is 67.3 Å². The van der Waals surface area contributed by atoms with Crippen LogP contribution in [0.25, 0.3) is 4.96 Å². The summed E-state index contributed by atoms with van der Waals surface area (Å²) >= 11 is 7.44. The summed E-state index contributed by atoms with van der Waals surface area (Å²) in [5.41, 5.74) is 1.37. The molecule has 4 rings (SSSR count). The van der Waals surface area contributed by atoms with Crippen molar-refractivity contribution in [2.75, 3.05) is 0 Å². The molecule has 0 spiro atoms. The fraction of sp³-hybridized carbons (Fsp3) is 0.316. The number of esters is 1. The molecular weight excluding hydrogens is 391 g/mol. The lowest BCUT2D eigenvalue weighted by molar-refractivity contribution is -0.144. The lowest BCUT2D eigenvalue weighted by Crippen LogP contribution is -2.19. The number of hydrogen-bond acceptors (Lipinski definition) is 5. The number of fused-ring (bicyclic) bond motifs is 3. The minimum absolute atomic E-state index is 0.0959. The van der Waals surface area contributed by atoms with E-state index < -0.39 is 11.8 Å². The zero-order valence-corrected chi connectivity index (χ0v) is 15.9. The van der Waals surface area contributed by atoms with Crippen molar-refractivity contribution in [1.82, 2.24) is 9.38 Å². The van der Waals surface area contributed by atoms with E-state index in [1.807, 2.05) is 0 Å². The normalized spacial score (nSPS) is 13.6. The lowest BCUT2D eigenvalue weighted by atomic mass is 10.0. The van der Waals surface area contributed by atoms with Gasteiger partial charge in [-0.25, -0.2) is 9.37 Å². The zero-order chi connectivity index (χ0) is 19.0. The van der Waals surface area contributed by atoms with E-state index in [1.54, 1.807) is 4.40 Å². The van der Waals surface area contributed by atoms with E-state index in [1.165, 1.54) is 40.5 Å². The molecule has 8 heteroatoms. The van der Waals surface area contributed by atoms with Gasteiger partial charge in [0.1, 0.15) is 12.4 Å². The van der Waals surface area contributed by atoms with Crippen molar-refractivity contribution in [3.8, 4) is 0 Å². The Morgan fingerprint density at radius 2 is 2.15 bits per heavy atom. The molecule has 0 saturated carbocycles. The summed E-state index contributed by atoms with van der Waals surface area (Å²) in [6.07, 6.45) is 3.77. The second-order valence-electron chi connectivity index (χ2n) is 6.42. The Morgan fingerprint density at radius 3 is 2.96 bits per heavy atom. The smallest absolute Gasteiger partial charge is 0.310 e. The number of hydrogen-bond donors (Lipinski definition) is 0. The van der Waals surface area contributed by atoms with Gasteiger partial charge in [-0.2, -0.15) is 0 Å². The first-order valence-electron chi connectivity index (χ1n) is 8.64.